The fourth-order valence-electron chi connectivity index (χ4n) is 2.01. The number of benzene rings is 1. The fourth-order valence-corrected chi connectivity index (χ4v) is 2.65. The number of nitrogens with zero attached hydrogens (tertiary/aromatic N) is 3. The molecular weight excluding hydrogens is 268 g/mol. The Labute approximate surface area is 121 Å². The number of aryl methyl sites for hydroxylation is 2. The van der Waals surface area contributed by atoms with Crippen molar-refractivity contribution in [1.82, 2.24) is 9.97 Å². The third-order valence-corrected chi connectivity index (χ3v) is 3.88. The highest BCUT2D eigenvalue weighted by Crippen LogP contribution is 2.19. The van der Waals surface area contributed by atoms with Gasteiger partial charge in [0.25, 0.3) is 0 Å². The minimum atomic E-state index is 0.801. The molecule has 0 aliphatic rings. The van der Waals surface area contributed by atoms with E-state index < -0.39 is 0 Å². The molecular formula is C15H14N4S. The predicted octanol–water partition coefficient (Wildman–Crippen LogP) is 3.75. The zero-order valence-electron chi connectivity index (χ0n) is 11.3. The first-order valence-corrected chi connectivity index (χ1v) is 7.17. The third kappa shape index (κ3) is 2.53. The lowest BCUT2D eigenvalue weighted by Gasteiger charge is -2.04. The molecule has 0 atom stereocenters. The number of fused-ring (bicyclic) bond motifs is 1. The summed E-state index contributed by atoms with van der Waals surface area (Å²) in [7, 11) is 0. The maximum atomic E-state index is 4.36. The molecule has 0 fully saturated rings. The van der Waals surface area contributed by atoms with Crippen molar-refractivity contribution < 1.29 is 0 Å². The molecule has 0 spiro atoms. The van der Waals surface area contributed by atoms with Crippen molar-refractivity contribution in [3.8, 4) is 0 Å². The Morgan fingerprint density at radius 3 is 2.95 bits per heavy atom. The Kier molecular flexibility index (Phi) is 3.43. The Hall–Kier alpha value is -2.27. The summed E-state index contributed by atoms with van der Waals surface area (Å²) in [6.07, 6.45) is 3.63. The number of nitrogens with one attached hydrogen (secondary N) is 1. The molecule has 0 bridgehead atoms. The van der Waals surface area contributed by atoms with Crippen molar-refractivity contribution in [1.29, 1.82) is 0 Å². The van der Waals surface area contributed by atoms with Crippen LogP contribution in [-0.2, 0) is 0 Å². The molecule has 4 nitrogen and oxygen atoms in total. The van der Waals surface area contributed by atoms with Gasteiger partial charge in [-0.2, -0.15) is 5.10 Å². The van der Waals surface area contributed by atoms with Crippen LogP contribution in [0.15, 0.2) is 40.9 Å². The number of hydrazone groups is 1. The van der Waals surface area contributed by atoms with E-state index in [9.17, 15) is 0 Å². The molecule has 100 valence electrons. The molecule has 2 aromatic heterocycles. The molecule has 3 aromatic rings. The van der Waals surface area contributed by atoms with Crippen molar-refractivity contribution in [3.63, 3.8) is 0 Å². The molecule has 1 aromatic carbocycles. The van der Waals surface area contributed by atoms with E-state index >= 15 is 0 Å². The van der Waals surface area contributed by atoms with Crippen LogP contribution in [0.5, 0.6) is 0 Å². The molecule has 5 heteroatoms. The van der Waals surface area contributed by atoms with Gasteiger partial charge in [-0.1, -0.05) is 12.1 Å². The topological polar surface area (TPSA) is 50.2 Å². The molecule has 0 amide bonds. The summed E-state index contributed by atoms with van der Waals surface area (Å²) >= 11 is 1.54. The number of anilines is 1. The molecule has 1 N–H and O–H groups in total. The molecule has 2 heterocycles. The summed E-state index contributed by atoms with van der Waals surface area (Å²) in [5, 5.41) is 8.18. The van der Waals surface area contributed by atoms with E-state index in [1.54, 1.807) is 17.5 Å². The molecule has 0 saturated heterocycles. The van der Waals surface area contributed by atoms with Crippen molar-refractivity contribution in [2.24, 2.45) is 5.10 Å². The normalized spacial score (nSPS) is 11.3. The first-order chi connectivity index (χ1) is 9.74. The van der Waals surface area contributed by atoms with Crippen LogP contribution in [0, 0.1) is 13.8 Å². The standard InChI is InChI=1S/C15H14N4S/c1-10-5-6-14-12(4-3-7-16-14)13(10)8-17-19-15-18-11(2)9-20-15/h3-9H,1-2H3,(H,18,19). The summed E-state index contributed by atoms with van der Waals surface area (Å²) in [4.78, 5) is 8.67. The number of thiazole rings is 1. The van der Waals surface area contributed by atoms with Gasteiger partial charge in [0.15, 0.2) is 0 Å². The number of hydrogen-bond donors (Lipinski definition) is 1. The molecule has 0 radical (unpaired) electrons. The lowest BCUT2D eigenvalue weighted by Crippen LogP contribution is -1.94. The van der Waals surface area contributed by atoms with Gasteiger partial charge in [0, 0.05) is 22.5 Å². The van der Waals surface area contributed by atoms with E-state index in [0.29, 0.717) is 0 Å². The Bertz CT molecular complexity index is 776. The van der Waals surface area contributed by atoms with Crippen LogP contribution in [0.2, 0.25) is 0 Å². The summed E-state index contributed by atoms with van der Waals surface area (Å²) < 4.78 is 0. The fraction of sp³-hybridized carbons (Fsp3) is 0.133. The molecule has 0 aliphatic carbocycles. The number of aromatic nitrogens is 2. The van der Waals surface area contributed by atoms with Crippen LogP contribution in [0.1, 0.15) is 16.8 Å². The molecule has 0 aliphatic heterocycles. The van der Waals surface area contributed by atoms with Gasteiger partial charge in [0.2, 0.25) is 5.13 Å². The molecule has 3 rings (SSSR count). The second-order valence-corrected chi connectivity index (χ2v) is 5.39. The second-order valence-electron chi connectivity index (χ2n) is 4.53. The predicted molar refractivity (Wildman–Crippen MR) is 84.5 cm³/mol. The maximum Gasteiger partial charge on any atom is 0.203 e. The Balaban J connectivity index is 1.92. The summed E-state index contributed by atoms with van der Waals surface area (Å²) in [5.74, 6) is 0. The first-order valence-electron chi connectivity index (χ1n) is 6.29. The van der Waals surface area contributed by atoms with Crippen molar-refractivity contribution in [2.75, 3.05) is 5.43 Å². The van der Waals surface area contributed by atoms with Crippen LogP contribution in [0.3, 0.4) is 0 Å². The van der Waals surface area contributed by atoms with E-state index in [1.807, 2.05) is 30.7 Å². The average Bonchev–Trinajstić information content (AvgIpc) is 2.87. The lowest BCUT2D eigenvalue weighted by molar-refractivity contribution is 1.22. The highest BCUT2D eigenvalue weighted by Gasteiger charge is 2.03. The van der Waals surface area contributed by atoms with Crippen LogP contribution in [-0.4, -0.2) is 16.2 Å². The number of rotatable bonds is 3. The van der Waals surface area contributed by atoms with Gasteiger partial charge in [0.05, 0.1) is 17.4 Å². The van der Waals surface area contributed by atoms with Gasteiger partial charge in [-0.3, -0.25) is 10.4 Å². The third-order valence-electron chi connectivity index (χ3n) is 3.02. The van der Waals surface area contributed by atoms with Crippen LogP contribution >= 0.6 is 11.3 Å². The number of hydrogen-bond acceptors (Lipinski definition) is 5. The smallest absolute Gasteiger partial charge is 0.203 e. The summed E-state index contributed by atoms with van der Waals surface area (Å²) in [5.41, 5.74) is 7.19. The lowest BCUT2D eigenvalue weighted by atomic mass is 10.0. The van der Waals surface area contributed by atoms with E-state index in [4.69, 9.17) is 0 Å². The van der Waals surface area contributed by atoms with E-state index in [1.165, 1.54) is 5.56 Å². The van der Waals surface area contributed by atoms with Crippen LogP contribution < -0.4 is 5.43 Å². The SMILES string of the molecule is Cc1csc(NN=Cc2c(C)ccc3ncccc23)n1. The monoisotopic (exact) mass is 282 g/mol. The van der Waals surface area contributed by atoms with Gasteiger partial charge < -0.3 is 0 Å². The van der Waals surface area contributed by atoms with Gasteiger partial charge in [-0.05, 0) is 31.5 Å². The quantitative estimate of drug-likeness (QED) is 0.588. The Morgan fingerprint density at radius 1 is 1.25 bits per heavy atom. The van der Waals surface area contributed by atoms with Crippen molar-refractivity contribution in [3.05, 3.63) is 52.7 Å². The van der Waals surface area contributed by atoms with Gasteiger partial charge in [-0.15, -0.1) is 11.3 Å². The molecule has 0 saturated carbocycles. The molecule has 20 heavy (non-hydrogen) atoms. The highest BCUT2D eigenvalue weighted by molar-refractivity contribution is 7.13. The van der Waals surface area contributed by atoms with E-state index in [0.717, 1.165) is 27.3 Å². The maximum absolute atomic E-state index is 4.36. The second kappa shape index (κ2) is 5.38. The van der Waals surface area contributed by atoms with E-state index in [-0.39, 0.29) is 0 Å². The zero-order chi connectivity index (χ0) is 13.9. The van der Waals surface area contributed by atoms with Crippen molar-refractivity contribution in [2.45, 2.75) is 13.8 Å². The summed E-state index contributed by atoms with van der Waals surface area (Å²) in [6.45, 7) is 4.03. The minimum absolute atomic E-state index is 0.801. The van der Waals surface area contributed by atoms with Gasteiger partial charge in [-0.25, -0.2) is 4.98 Å². The van der Waals surface area contributed by atoms with Gasteiger partial charge in [0.1, 0.15) is 0 Å². The first kappa shape index (κ1) is 12.7. The summed E-state index contributed by atoms with van der Waals surface area (Å²) in [6, 6.07) is 8.09. The largest absolute Gasteiger partial charge is 0.256 e. The zero-order valence-corrected chi connectivity index (χ0v) is 12.1. The average molecular weight is 282 g/mol. The molecule has 0 unspecified atom stereocenters. The highest BCUT2D eigenvalue weighted by atomic mass is 32.1. The Morgan fingerprint density at radius 2 is 2.15 bits per heavy atom. The minimum Gasteiger partial charge on any atom is -0.256 e. The number of pyridine rings is 1. The van der Waals surface area contributed by atoms with Crippen LogP contribution in [0.4, 0.5) is 5.13 Å². The van der Waals surface area contributed by atoms with E-state index in [2.05, 4.69) is 39.6 Å². The van der Waals surface area contributed by atoms with Gasteiger partial charge >= 0.3 is 0 Å². The van der Waals surface area contributed by atoms with Crippen LogP contribution in [0.25, 0.3) is 10.9 Å². The van der Waals surface area contributed by atoms with Crippen molar-refractivity contribution >= 4 is 33.6 Å².